The zero-order valence-corrected chi connectivity index (χ0v) is 23.3. The summed E-state index contributed by atoms with van der Waals surface area (Å²) < 4.78 is 13.9. The van der Waals surface area contributed by atoms with Crippen molar-refractivity contribution >= 4 is 41.2 Å². The SMILES string of the molecule is CC.CCc1c(/C=C(\C=O)c2cc(F)ccc2NC)[nH]c(C)c1C(=O)NCCCCCCC(=O)C(=O)NC. The molecular formula is C29H41FN4O4. The molecule has 0 saturated heterocycles. The van der Waals surface area contributed by atoms with Gasteiger partial charge in [0.05, 0.1) is 5.56 Å². The van der Waals surface area contributed by atoms with Gasteiger partial charge >= 0.3 is 0 Å². The van der Waals surface area contributed by atoms with Crippen LogP contribution < -0.4 is 16.0 Å². The van der Waals surface area contributed by atoms with E-state index >= 15 is 0 Å². The molecule has 0 saturated carbocycles. The molecule has 0 bridgehead atoms. The smallest absolute Gasteiger partial charge is 0.287 e. The molecule has 4 N–H and O–H groups in total. The van der Waals surface area contributed by atoms with Crippen LogP contribution in [0.1, 0.15) is 85.7 Å². The van der Waals surface area contributed by atoms with E-state index in [1.165, 1.54) is 19.2 Å². The van der Waals surface area contributed by atoms with Crippen LogP contribution in [0.2, 0.25) is 0 Å². The number of allylic oxidation sites excluding steroid dienone is 1. The zero-order chi connectivity index (χ0) is 28.7. The van der Waals surface area contributed by atoms with E-state index in [2.05, 4.69) is 20.9 Å². The van der Waals surface area contributed by atoms with Gasteiger partial charge in [-0.1, -0.05) is 33.6 Å². The third kappa shape index (κ3) is 8.97. The number of hydrogen-bond acceptors (Lipinski definition) is 5. The van der Waals surface area contributed by atoms with Crippen molar-refractivity contribution in [1.29, 1.82) is 0 Å². The number of Topliss-reactive ketones (excluding diaryl/α,β-unsaturated/α-hetero) is 1. The molecule has 0 unspecified atom stereocenters. The first kappa shape index (κ1) is 32.3. The number of anilines is 1. The molecule has 38 heavy (non-hydrogen) atoms. The van der Waals surface area contributed by atoms with Crippen molar-refractivity contribution in [1.82, 2.24) is 15.6 Å². The highest BCUT2D eigenvalue weighted by atomic mass is 19.1. The summed E-state index contributed by atoms with van der Waals surface area (Å²) in [6.45, 7) is 8.21. The van der Waals surface area contributed by atoms with E-state index in [4.69, 9.17) is 0 Å². The molecule has 208 valence electrons. The lowest BCUT2D eigenvalue weighted by Gasteiger charge is -2.10. The Hall–Kier alpha value is -3.75. The van der Waals surface area contributed by atoms with Crippen molar-refractivity contribution in [3.8, 4) is 0 Å². The summed E-state index contributed by atoms with van der Waals surface area (Å²) in [4.78, 5) is 50.8. The second-order valence-corrected chi connectivity index (χ2v) is 8.45. The minimum absolute atomic E-state index is 0.204. The Morgan fingerprint density at radius 1 is 1.05 bits per heavy atom. The van der Waals surface area contributed by atoms with Crippen LogP contribution in [0.3, 0.4) is 0 Å². The van der Waals surface area contributed by atoms with Crippen LogP contribution in [0, 0.1) is 12.7 Å². The Morgan fingerprint density at radius 3 is 2.34 bits per heavy atom. The van der Waals surface area contributed by atoms with Gasteiger partial charge in [-0.15, -0.1) is 0 Å². The highest BCUT2D eigenvalue weighted by Gasteiger charge is 2.20. The average Bonchev–Trinajstić information content (AvgIpc) is 3.25. The van der Waals surface area contributed by atoms with Gasteiger partial charge < -0.3 is 20.9 Å². The molecule has 0 fully saturated rings. The van der Waals surface area contributed by atoms with Gasteiger partial charge in [-0.25, -0.2) is 4.39 Å². The van der Waals surface area contributed by atoms with Gasteiger partial charge in [0.15, 0.2) is 6.29 Å². The molecule has 0 radical (unpaired) electrons. The summed E-state index contributed by atoms with van der Waals surface area (Å²) in [5.41, 5.74) is 3.97. The van der Waals surface area contributed by atoms with Crippen LogP contribution in [-0.2, 0) is 20.8 Å². The van der Waals surface area contributed by atoms with Crippen LogP contribution in [-0.4, -0.2) is 49.5 Å². The molecule has 0 atom stereocenters. The highest BCUT2D eigenvalue weighted by molar-refractivity contribution is 6.36. The Morgan fingerprint density at radius 2 is 1.74 bits per heavy atom. The van der Waals surface area contributed by atoms with Crippen LogP contribution >= 0.6 is 0 Å². The molecule has 0 aliphatic carbocycles. The van der Waals surface area contributed by atoms with Crippen LogP contribution in [0.25, 0.3) is 11.6 Å². The fourth-order valence-corrected chi connectivity index (χ4v) is 4.11. The van der Waals surface area contributed by atoms with Crippen molar-refractivity contribution in [2.45, 2.75) is 66.2 Å². The fraction of sp³-hybridized carbons (Fsp3) is 0.448. The first-order valence-corrected chi connectivity index (χ1v) is 13.2. The minimum atomic E-state index is -0.566. The number of aromatic amines is 1. The van der Waals surface area contributed by atoms with Gasteiger partial charge in [0.1, 0.15) is 5.82 Å². The second-order valence-electron chi connectivity index (χ2n) is 8.45. The molecule has 9 heteroatoms. The number of halogens is 1. The number of carbonyl (C=O) groups excluding carboxylic acids is 4. The van der Waals surface area contributed by atoms with Gasteiger partial charge in [0.25, 0.3) is 11.8 Å². The van der Waals surface area contributed by atoms with Gasteiger partial charge in [0.2, 0.25) is 5.78 Å². The highest BCUT2D eigenvalue weighted by Crippen LogP contribution is 2.28. The largest absolute Gasteiger partial charge is 0.388 e. The molecule has 1 heterocycles. The van der Waals surface area contributed by atoms with E-state index in [9.17, 15) is 23.6 Å². The number of carbonyl (C=O) groups is 4. The molecule has 1 aromatic carbocycles. The van der Waals surface area contributed by atoms with E-state index in [-0.39, 0.29) is 17.9 Å². The predicted molar refractivity (Wildman–Crippen MR) is 151 cm³/mol. The topological polar surface area (TPSA) is 120 Å². The molecule has 0 aliphatic rings. The number of unbranched alkanes of at least 4 members (excludes halogenated alkanes) is 3. The normalized spacial score (nSPS) is 10.8. The van der Waals surface area contributed by atoms with E-state index in [0.717, 1.165) is 24.8 Å². The van der Waals surface area contributed by atoms with Crippen molar-refractivity contribution in [3.63, 3.8) is 0 Å². The summed E-state index contributed by atoms with van der Waals surface area (Å²) in [7, 11) is 3.13. The first-order valence-electron chi connectivity index (χ1n) is 13.2. The monoisotopic (exact) mass is 528 g/mol. The Kier molecular flexibility index (Phi) is 14.3. The number of H-pyrrole nitrogens is 1. The van der Waals surface area contributed by atoms with E-state index in [1.54, 1.807) is 26.1 Å². The van der Waals surface area contributed by atoms with Crippen molar-refractivity contribution in [2.24, 2.45) is 0 Å². The molecule has 0 spiro atoms. The first-order chi connectivity index (χ1) is 18.3. The maximum Gasteiger partial charge on any atom is 0.287 e. The molecule has 2 aromatic rings. The van der Waals surface area contributed by atoms with Gasteiger partial charge in [0, 0.05) is 55.3 Å². The Labute approximate surface area is 224 Å². The molecule has 2 rings (SSSR count). The van der Waals surface area contributed by atoms with Crippen LogP contribution in [0.4, 0.5) is 10.1 Å². The fourth-order valence-electron chi connectivity index (χ4n) is 4.11. The molecule has 0 aliphatic heterocycles. The summed E-state index contributed by atoms with van der Waals surface area (Å²) in [5.74, 6) is -1.63. The average molecular weight is 529 g/mol. The summed E-state index contributed by atoms with van der Waals surface area (Å²) in [6.07, 6.45) is 6.10. The lowest BCUT2D eigenvalue weighted by atomic mass is 10.00. The summed E-state index contributed by atoms with van der Waals surface area (Å²) in [6, 6.07) is 4.19. The molecule has 2 amide bonds. The number of nitrogens with one attached hydrogen (secondary N) is 4. The number of rotatable bonds is 14. The van der Waals surface area contributed by atoms with E-state index in [0.29, 0.717) is 53.9 Å². The number of aromatic nitrogens is 1. The third-order valence-electron chi connectivity index (χ3n) is 5.99. The van der Waals surface area contributed by atoms with E-state index in [1.807, 2.05) is 20.8 Å². The van der Waals surface area contributed by atoms with Gasteiger partial charge in [-0.05, 0) is 56.0 Å². The van der Waals surface area contributed by atoms with Crippen molar-refractivity contribution in [2.75, 3.05) is 26.0 Å². The number of amides is 2. The number of hydrogen-bond donors (Lipinski definition) is 4. The minimum Gasteiger partial charge on any atom is -0.388 e. The quantitative estimate of drug-likeness (QED) is 0.121. The maximum atomic E-state index is 13.9. The van der Waals surface area contributed by atoms with Crippen molar-refractivity contribution in [3.05, 3.63) is 52.1 Å². The molecular weight excluding hydrogens is 487 g/mol. The summed E-state index contributed by atoms with van der Waals surface area (Å²) in [5, 5.41) is 8.23. The summed E-state index contributed by atoms with van der Waals surface area (Å²) >= 11 is 0. The lowest BCUT2D eigenvalue weighted by Crippen LogP contribution is -2.27. The van der Waals surface area contributed by atoms with Crippen LogP contribution in [0.15, 0.2) is 18.2 Å². The van der Waals surface area contributed by atoms with Gasteiger partial charge in [-0.3, -0.25) is 19.2 Å². The standard InChI is InChI=1S/C27H35FN4O4.C2H6/c1-5-20-23(14-18(16-33)21-15-19(28)11-12-22(21)29-3)32-17(2)25(20)27(36)31-13-9-7-6-8-10-24(34)26(35)30-4;1-2/h11-12,14-16,29,32H,5-10,13H2,1-4H3,(H,30,35)(H,31,36);1-2H3/b18-14+;. The number of aldehydes is 1. The Balaban J connectivity index is 0.00000352. The predicted octanol–water partition coefficient (Wildman–Crippen LogP) is 4.83. The zero-order valence-electron chi connectivity index (χ0n) is 23.3. The maximum absolute atomic E-state index is 13.9. The number of likely N-dealkylation sites (N-methyl/N-ethyl adjacent to an activating group) is 1. The lowest BCUT2D eigenvalue weighted by molar-refractivity contribution is -0.137. The second kappa shape index (κ2) is 16.9. The van der Waals surface area contributed by atoms with Gasteiger partial charge in [-0.2, -0.15) is 0 Å². The van der Waals surface area contributed by atoms with E-state index < -0.39 is 17.5 Å². The van der Waals surface area contributed by atoms with Crippen LogP contribution in [0.5, 0.6) is 0 Å². The number of ketones is 1. The number of aryl methyl sites for hydroxylation is 1. The number of benzene rings is 1. The molecule has 1 aromatic heterocycles. The Bertz CT molecular complexity index is 1140. The molecule has 8 nitrogen and oxygen atoms in total. The van der Waals surface area contributed by atoms with Crippen molar-refractivity contribution < 1.29 is 23.6 Å². The third-order valence-corrected chi connectivity index (χ3v) is 5.99.